The minimum atomic E-state index is -2.92. The molecule has 1 rings (SSSR count). The second kappa shape index (κ2) is 6.02. The van der Waals surface area contributed by atoms with Crippen molar-refractivity contribution in [1.29, 1.82) is 0 Å². The summed E-state index contributed by atoms with van der Waals surface area (Å²) < 4.78 is 22.5. The van der Waals surface area contributed by atoms with Gasteiger partial charge in [-0.3, -0.25) is 4.79 Å². The summed E-state index contributed by atoms with van der Waals surface area (Å²) in [5, 5.41) is 12.7. The number of carbonyl (C=O) groups is 1. The lowest BCUT2D eigenvalue weighted by Gasteiger charge is -2.25. The standard InChI is InChI=1S/C12H23NO4S/c1-3-12(15,4-2)9-13-11(14)7-10-5-6-18(16,17)8-10/h10,15H,3-9H2,1-2H3,(H,13,14). The van der Waals surface area contributed by atoms with E-state index >= 15 is 0 Å². The zero-order valence-corrected chi connectivity index (χ0v) is 11.9. The number of sulfone groups is 1. The summed E-state index contributed by atoms with van der Waals surface area (Å²) in [5.41, 5.74) is -0.850. The van der Waals surface area contributed by atoms with E-state index in [0.717, 1.165) is 0 Å². The Balaban J connectivity index is 2.35. The lowest BCUT2D eigenvalue weighted by Crippen LogP contribution is -2.42. The molecule has 0 aromatic rings. The first-order valence-corrected chi connectivity index (χ1v) is 8.32. The summed E-state index contributed by atoms with van der Waals surface area (Å²) in [6, 6.07) is 0. The highest BCUT2D eigenvalue weighted by molar-refractivity contribution is 7.91. The van der Waals surface area contributed by atoms with Gasteiger partial charge in [0.1, 0.15) is 0 Å². The van der Waals surface area contributed by atoms with Crippen molar-refractivity contribution >= 4 is 15.7 Å². The van der Waals surface area contributed by atoms with Gasteiger partial charge in [-0.1, -0.05) is 13.8 Å². The van der Waals surface area contributed by atoms with Gasteiger partial charge in [0.15, 0.2) is 9.84 Å². The highest BCUT2D eigenvalue weighted by Gasteiger charge is 2.30. The molecule has 5 nitrogen and oxygen atoms in total. The number of hydrogen-bond acceptors (Lipinski definition) is 4. The molecule has 0 bridgehead atoms. The number of nitrogens with one attached hydrogen (secondary N) is 1. The fraction of sp³-hybridized carbons (Fsp3) is 0.917. The lowest BCUT2D eigenvalue weighted by molar-refractivity contribution is -0.123. The Kier molecular flexibility index (Phi) is 5.16. The molecule has 6 heteroatoms. The van der Waals surface area contributed by atoms with Crippen LogP contribution in [0.5, 0.6) is 0 Å². The average Bonchev–Trinajstić information content (AvgIpc) is 2.65. The van der Waals surface area contributed by atoms with Crippen LogP contribution in [0.4, 0.5) is 0 Å². The Morgan fingerprint density at radius 2 is 2.00 bits per heavy atom. The van der Waals surface area contributed by atoms with Gasteiger partial charge >= 0.3 is 0 Å². The van der Waals surface area contributed by atoms with E-state index in [1.165, 1.54) is 0 Å². The molecular formula is C12H23NO4S. The Hall–Kier alpha value is -0.620. The summed E-state index contributed by atoms with van der Waals surface area (Å²) in [6.45, 7) is 3.98. The lowest BCUT2D eigenvalue weighted by atomic mass is 9.97. The molecule has 18 heavy (non-hydrogen) atoms. The maximum absolute atomic E-state index is 11.7. The van der Waals surface area contributed by atoms with Gasteiger partial charge in [-0.25, -0.2) is 8.42 Å². The molecule has 0 saturated carbocycles. The summed E-state index contributed by atoms with van der Waals surface area (Å²) in [7, 11) is -2.92. The van der Waals surface area contributed by atoms with E-state index in [9.17, 15) is 18.3 Å². The molecule has 0 aliphatic carbocycles. The Bertz CT molecular complexity index is 387. The van der Waals surface area contributed by atoms with Crippen LogP contribution in [0.15, 0.2) is 0 Å². The highest BCUT2D eigenvalue weighted by atomic mass is 32.2. The number of carbonyl (C=O) groups excluding carboxylic acids is 1. The van der Waals surface area contributed by atoms with Gasteiger partial charge in [0, 0.05) is 13.0 Å². The maximum Gasteiger partial charge on any atom is 0.220 e. The predicted molar refractivity (Wildman–Crippen MR) is 69.9 cm³/mol. The first kappa shape index (κ1) is 15.4. The molecule has 0 radical (unpaired) electrons. The van der Waals surface area contributed by atoms with Gasteiger partial charge in [-0.05, 0) is 25.2 Å². The minimum absolute atomic E-state index is 0.0636. The van der Waals surface area contributed by atoms with E-state index in [0.29, 0.717) is 19.3 Å². The number of hydrogen-bond donors (Lipinski definition) is 2. The summed E-state index contributed by atoms with van der Waals surface area (Å²) in [5.74, 6) is 0.0779. The number of aliphatic hydroxyl groups is 1. The van der Waals surface area contributed by atoms with Crippen molar-refractivity contribution < 1.29 is 18.3 Å². The number of amides is 1. The third-order valence-corrected chi connectivity index (χ3v) is 5.57. The van der Waals surface area contributed by atoms with Gasteiger partial charge in [0.25, 0.3) is 0 Å². The predicted octanol–water partition coefficient (Wildman–Crippen LogP) is 0.479. The van der Waals surface area contributed by atoms with Crippen molar-refractivity contribution in [3.8, 4) is 0 Å². The zero-order chi connectivity index (χ0) is 13.8. The largest absolute Gasteiger partial charge is 0.388 e. The van der Waals surface area contributed by atoms with Crippen molar-refractivity contribution in [2.45, 2.75) is 45.1 Å². The van der Waals surface area contributed by atoms with E-state index < -0.39 is 15.4 Å². The summed E-state index contributed by atoms with van der Waals surface area (Å²) in [4.78, 5) is 11.7. The van der Waals surface area contributed by atoms with E-state index in [2.05, 4.69) is 5.32 Å². The van der Waals surface area contributed by atoms with Gasteiger partial charge in [-0.15, -0.1) is 0 Å². The van der Waals surface area contributed by atoms with Crippen LogP contribution < -0.4 is 5.32 Å². The third-order valence-electron chi connectivity index (χ3n) is 3.73. The van der Waals surface area contributed by atoms with Crippen LogP contribution in [0, 0.1) is 5.92 Å². The smallest absolute Gasteiger partial charge is 0.220 e. The summed E-state index contributed by atoms with van der Waals surface area (Å²) in [6.07, 6.45) is 1.98. The van der Waals surface area contributed by atoms with Gasteiger partial charge in [-0.2, -0.15) is 0 Å². The molecular weight excluding hydrogens is 254 g/mol. The molecule has 0 spiro atoms. The van der Waals surface area contributed by atoms with Crippen molar-refractivity contribution in [3.63, 3.8) is 0 Å². The van der Waals surface area contributed by atoms with Gasteiger partial charge in [0.2, 0.25) is 5.91 Å². The molecule has 1 aliphatic heterocycles. The summed E-state index contributed by atoms with van der Waals surface area (Å²) >= 11 is 0. The van der Waals surface area contributed by atoms with E-state index in [1.54, 1.807) is 0 Å². The zero-order valence-electron chi connectivity index (χ0n) is 11.1. The van der Waals surface area contributed by atoms with Crippen molar-refractivity contribution in [1.82, 2.24) is 5.32 Å². The second-order valence-electron chi connectivity index (χ2n) is 5.18. The molecule has 2 N–H and O–H groups in total. The maximum atomic E-state index is 11.7. The monoisotopic (exact) mass is 277 g/mol. The van der Waals surface area contributed by atoms with Crippen LogP contribution in [-0.2, 0) is 14.6 Å². The van der Waals surface area contributed by atoms with Crippen LogP contribution in [0.1, 0.15) is 39.5 Å². The molecule has 0 aromatic carbocycles. The Morgan fingerprint density at radius 3 is 2.44 bits per heavy atom. The topological polar surface area (TPSA) is 83.5 Å². The molecule has 1 aliphatic rings. The molecule has 106 valence electrons. The van der Waals surface area contributed by atoms with Crippen molar-refractivity contribution in [3.05, 3.63) is 0 Å². The normalized spacial score (nSPS) is 22.9. The molecule has 1 saturated heterocycles. The molecule has 1 heterocycles. The van der Waals surface area contributed by atoms with Crippen molar-refractivity contribution in [2.75, 3.05) is 18.1 Å². The first-order chi connectivity index (χ1) is 8.30. The molecule has 0 aromatic heterocycles. The fourth-order valence-corrected chi connectivity index (χ4v) is 3.99. The van der Waals surface area contributed by atoms with Crippen LogP contribution in [0.2, 0.25) is 0 Å². The Labute approximate surface area is 109 Å². The van der Waals surface area contributed by atoms with E-state index in [4.69, 9.17) is 0 Å². The first-order valence-electron chi connectivity index (χ1n) is 6.50. The molecule has 1 atom stereocenters. The SMILES string of the molecule is CCC(O)(CC)CNC(=O)CC1CCS(=O)(=O)C1. The second-order valence-corrected chi connectivity index (χ2v) is 7.41. The van der Waals surface area contributed by atoms with Gasteiger partial charge < -0.3 is 10.4 Å². The molecule has 1 unspecified atom stereocenters. The average molecular weight is 277 g/mol. The quantitative estimate of drug-likeness (QED) is 0.739. The van der Waals surface area contributed by atoms with Crippen LogP contribution >= 0.6 is 0 Å². The van der Waals surface area contributed by atoms with Crippen LogP contribution in [0.25, 0.3) is 0 Å². The van der Waals surface area contributed by atoms with Crippen LogP contribution in [0.3, 0.4) is 0 Å². The van der Waals surface area contributed by atoms with Gasteiger partial charge in [0.05, 0.1) is 17.1 Å². The van der Waals surface area contributed by atoms with E-state index in [1.807, 2.05) is 13.8 Å². The molecule has 1 amide bonds. The molecule has 1 fully saturated rings. The Morgan fingerprint density at radius 1 is 1.39 bits per heavy atom. The van der Waals surface area contributed by atoms with Crippen LogP contribution in [-0.4, -0.2) is 43.1 Å². The third kappa shape index (κ3) is 4.57. The fourth-order valence-electron chi connectivity index (χ4n) is 2.13. The highest BCUT2D eigenvalue weighted by Crippen LogP contribution is 2.21. The van der Waals surface area contributed by atoms with Crippen molar-refractivity contribution in [2.24, 2.45) is 5.92 Å². The number of rotatable bonds is 6. The minimum Gasteiger partial charge on any atom is -0.388 e. The van der Waals surface area contributed by atoms with E-state index in [-0.39, 0.29) is 36.3 Å².